The van der Waals surface area contributed by atoms with Crippen molar-refractivity contribution < 1.29 is 14.4 Å². The van der Waals surface area contributed by atoms with Crippen LogP contribution in [0.3, 0.4) is 0 Å². The summed E-state index contributed by atoms with van der Waals surface area (Å²) in [5, 5.41) is 2.70. The lowest BCUT2D eigenvalue weighted by atomic mass is 10.0. The van der Waals surface area contributed by atoms with Gasteiger partial charge in [0.1, 0.15) is 0 Å². The SMILES string of the molecule is NC(=O)CN1CCC(CC(=O)Nc2ccncc2)C1=O. The summed E-state index contributed by atoms with van der Waals surface area (Å²) >= 11 is 0. The largest absolute Gasteiger partial charge is 0.368 e. The van der Waals surface area contributed by atoms with Gasteiger partial charge in [-0.05, 0) is 18.6 Å². The van der Waals surface area contributed by atoms with Gasteiger partial charge in [0.05, 0.1) is 6.54 Å². The summed E-state index contributed by atoms with van der Waals surface area (Å²) in [5.74, 6) is -1.33. The first-order valence-electron chi connectivity index (χ1n) is 6.33. The Labute approximate surface area is 116 Å². The third-order valence-electron chi connectivity index (χ3n) is 3.15. The normalized spacial score (nSPS) is 18.1. The van der Waals surface area contributed by atoms with E-state index in [0.29, 0.717) is 18.7 Å². The molecule has 0 aliphatic carbocycles. The molecule has 3 N–H and O–H groups in total. The number of anilines is 1. The Morgan fingerprint density at radius 3 is 2.75 bits per heavy atom. The molecule has 1 fully saturated rings. The number of carbonyl (C=O) groups excluding carboxylic acids is 3. The Bertz CT molecular complexity index is 518. The first kappa shape index (κ1) is 14.0. The van der Waals surface area contributed by atoms with Crippen LogP contribution in [-0.2, 0) is 14.4 Å². The highest BCUT2D eigenvalue weighted by Gasteiger charge is 2.33. The minimum Gasteiger partial charge on any atom is -0.368 e. The van der Waals surface area contributed by atoms with Crippen LogP contribution in [0, 0.1) is 5.92 Å². The molecule has 20 heavy (non-hydrogen) atoms. The van der Waals surface area contributed by atoms with Crippen molar-refractivity contribution in [1.82, 2.24) is 9.88 Å². The van der Waals surface area contributed by atoms with Crippen LogP contribution in [0.15, 0.2) is 24.5 Å². The fourth-order valence-corrected chi connectivity index (χ4v) is 2.21. The van der Waals surface area contributed by atoms with Crippen LogP contribution < -0.4 is 11.1 Å². The molecule has 1 aliphatic heterocycles. The molecule has 2 rings (SSSR count). The van der Waals surface area contributed by atoms with E-state index in [9.17, 15) is 14.4 Å². The van der Waals surface area contributed by atoms with Gasteiger partial charge < -0.3 is 16.0 Å². The van der Waals surface area contributed by atoms with Crippen LogP contribution in [0.2, 0.25) is 0 Å². The van der Waals surface area contributed by atoms with Crippen molar-refractivity contribution in [3.63, 3.8) is 0 Å². The van der Waals surface area contributed by atoms with Crippen molar-refractivity contribution in [1.29, 1.82) is 0 Å². The number of carbonyl (C=O) groups is 3. The summed E-state index contributed by atoms with van der Waals surface area (Å²) in [4.78, 5) is 39.9. The van der Waals surface area contributed by atoms with E-state index in [2.05, 4.69) is 10.3 Å². The Morgan fingerprint density at radius 2 is 2.10 bits per heavy atom. The van der Waals surface area contributed by atoms with Gasteiger partial charge in [-0.15, -0.1) is 0 Å². The lowest BCUT2D eigenvalue weighted by Crippen LogP contribution is -2.36. The molecule has 1 saturated heterocycles. The molecule has 0 saturated carbocycles. The molecule has 0 spiro atoms. The van der Waals surface area contributed by atoms with Crippen molar-refractivity contribution in [2.24, 2.45) is 11.7 Å². The molecule has 0 bridgehead atoms. The van der Waals surface area contributed by atoms with Crippen molar-refractivity contribution in [3.05, 3.63) is 24.5 Å². The molecule has 3 amide bonds. The smallest absolute Gasteiger partial charge is 0.237 e. The van der Waals surface area contributed by atoms with E-state index in [-0.39, 0.29) is 30.7 Å². The van der Waals surface area contributed by atoms with E-state index in [1.165, 1.54) is 4.90 Å². The molecule has 1 aliphatic rings. The van der Waals surface area contributed by atoms with Gasteiger partial charge in [0.2, 0.25) is 17.7 Å². The first-order chi connectivity index (χ1) is 9.56. The molecular formula is C13H16N4O3. The highest BCUT2D eigenvalue weighted by Crippen LogP contribution is 2.21. The van der Waals surface area contributed by atoms with Crippen LogP contribution >= 0.6 is 0 Å². The van der Waals surface area contributed by atoms with Crippen LogP contribution in [0.1, 0.15) is 12.8 Å². The number of pyridine rings is 1. The number of aromatic nitrogens is 1. The number of amides is 3. The summed E-state index contributed by atoms with van der Waals surface area (Å²) in [5.41, 5.74) is 5.71. The van der Waals surface area contributed by atoms with Crippen molar-refractivity contribution in [2.75, 3.05) is 18.4 Å². The molecule has 1 aromatic heterocycles. The van der Waals surface area contributed by atoms with E-state index >= 15 is 0 Å². The summed E-state index contributed by atoms with van der Waals surface area (Å²) < 4.78 is 0. The van der Waals surface area contributed by atoms with Crippen molar-refractivity contribution >= 4 is 23.4 Å². The Hall–Kier alpha value is -2.44. The molecule has 1 atom stereocenters. The maximum absolute atomic E-state index is 12.0. The Balaban J connectivity index is 1.86. The van der Waals surface area contributed by atoms with Gasteiger partial charge >= 0.3 is 0 Å². The summed E-state index contributed by atoms with van der Waals surface area (Å²) in [6.07, 6.45) is 3.82. The fourth-order valence-electron chi connectivity index (χ4n) is 2.21. The molecule has 1 aromatic rings. The summed E-state index contributed by atoms with van der Waals surface area (Å²) in [6, 6.07) is 3.35. The zero-order valence-corrected chi connectivity index (χ0v) is 10.9. The van der Waals surface area contributed by atoms with E-state index in [1.54, 1.807) is 24.5 Å². The zero-order valence-electron chi connectivity index (χ0n) is 10.9. The van der Waals surface area contributed by atoms with Gasteiger partial charge in [-0.25, -0.2) is 0 Å². The lowest BCUT2D eigenvalue weighted by molar-refractivity contribution is -0.135. The Kier molecular flexibility index (Phi) is 4.29. The predicted octanol–water partition coefficient (Wildman–Crippen LogP) is -0.256. The third-order valence-corrected chi connectivity index (χ3v) is 3.15. The number of nitrogens with two attached hydrogens (primary N) is 1. The number of hydrogen-bond donors (Lipinski definition) is 2. The van der Waals surface area contributed by atoms with E-state index < -0.39 is 5.91 Å². The summed E-state index contributed by atoms with van der Waals surface area (Å²) in [6.45, 7) is 0.385. The predicted molar refractivity (Wildman–Crippen MR) is 71.4 cm³/mol. The van der Waals surface area contributed by atoms with Crippen LogP contribution in [0.4, 0.5) is 5.69 Å². The number of primary amides is 1. The number of nitrogens with one attached hydrogen (secondary N) is 1. The minimum absolute atomic E-state index is 0.0820. The van der Waals surface area contributed by atoms with Gasteiger partial charge in [0, 0.05) is 37.0 Å². The molecular weight excluding hydrogens is 260 g/mol. The van der Waals surface area contributed by atoms with Crippen LogP contribution in [-0.4, -0.2) is 40.7 Å². The van der Waals surface area contributed by atoms with Crippen LogP contribution in [0.5, 0.6) is 0 Å². The minimum atomic E-state index is -0.541. The molecule has 2 heterocycles. The monoisotopic (exact) mass is 276 g/mol. The first-order valence-corrected chi connectivity index (χ1v) is 6.33. The maximum Gasteiger partial charge on any atom is 0.237 e. The van der Waals surface area contributed by atoms with Crippen LogP contribution in [0.25, 0.3) is 0 Å². The quantitative estimate of drug-likeness (QED) is 0.773. The second-order valence-corrected chi connectivity index (χ2v) is 4.70. The van der Waals surface area contributed by atoms with Gasteiger partial charge in [0.15, 0.2) is 0 Å². The van der Waals surface area contributed by atoms with Crippen molar-refractivity contribution in [2.45, 2.75) is 12.8 Å². The van der Waals surface area contributed by atoms with Gasteiger partial charge in [-0.3, -0.25) is 19.4 Å². The molecule has 7 nitrogen and oxygen atoms in total. The highest BCUT2D eigenvalue weighted by atomic mass is 16.2. The maximum atomic E-state index is 12.0. The highest BCUT2D eigenvalue weighted by molar-refractivity contribution is 5.95. The standard InChI is InChI=1S/C13H16N4O3/c14-11(18)8-17-6-3-9(13(17)20)7-12(19)16-10-1-4-15-5-2-10/h1-2,4-5,9H,3,6-8H2,(H2,14,18)(H,15,16,19). The number of rotatable bonds is 5. The van der Waals surface area contributed by atoms with Gasteiger partial charge in [-0.2, -0.15) is 0 Å². The molecule has 1 unspecified atom stereocenters. The van der Waals surface area contributed by atoms with Gasteiger partial charge in [-0.1, -0.05) is 0 Å². The third kappa shape index (κ3) is 3.53. The Morgan fingerprint density at radius 1 is 1.40 bits per heavy atom. The average Bonchev–Trinajstić information content (AvgIpc) is 2.72. The van der Waals surface area contributed by atoms with E-state index in [0.717, 1.165) is 0 Å². The summed E-state index contributed by atoms with van der Waals surface area (Å²) in [7, 11) is 0. The lowest BCUT2D eigenvalue weighted by Gasteiger charge is -2.14. The number of nitrogens with zero attached hydrogens (tertiary/aromatic N) is 2. The topological polar surface area (TPSA) is 105 Å². The number of likely N-dealkylation sites (tertiary alicyclic amines) is 1. The zero-order chi connectivity index (χ0) is 14.5. The molecule has 7 heteroatoms. The van der Waals surface area contributed by atoms with Gasteiger partial charge in [0.25, 0.3) is 0 Å². The average molecular weight is 276 g/mol. The van der Waals surface area contributed by atoms with E-state index in [4.69, 9.17) is 5.73 Å². The second kappa shape index (κ2) is 6.14. The molecule has 0 aromatic carbocycles. The van der Waals surface area contributed by atoms with Crippen molar-refractivity contribution in [3.8, 4) is 0 Å². The van der Waals surface area contributed by atoms with E-state index in [1.807, 2.05) is 0 Å². The second-order valence-electron chi connectivity index (χ2n) is 4.70. The fraction of sp³-hybridized carbons (Fsp3) is 0.385. The molecule has 0 radical (unpaired) electrons. The molecule has 106 valence electrons. The number of hydrogen-bond acceptors (Lipinski definition) is 4.